The predicted molar refractivity (Wildman–Crippen MR) is 433 cm³/mol. The van der Waals surface area contributed by atoms with Crippen molar-refractivity contribution in [2.75, 3.05) is 45.8 Å². The van der Waals surface area contributed by atoms with Gasteiger partial charge in [0.2, 0.25) is 11.4 Å². The van der Waals surface area contributed by atoms with Crippen LogP contribution in [0.2, 0.25) is 0 Å². The van der Waals surface area contributed by atoms with Crippen LogP contribution in [0.3, 0.4) is 0 Å². The van der Waals surface area contributed by atoms with E-state index in [1.807, 2.05) is 0 Å². The molecule has 8 aliphatic rings. The first-order valence-corrected chi connectivity index (χ1v) is 41.4. The molecule has 101 heavy (non-hydrogen) atoms. The SMILES string of the molecule is CCN(c1ccc(C(=C2C=CC(=[NH+]C3CCC(CC4CCC([NH+]=C5C=CC(=C(c6ccc(N(CC)C7CCCCC7C)cc6)c6ccc(N(CC)C7CCCCC7C)cc6)c6ccccc65)CC4)CC3)c3ccccc32)c2ccc(N(CC)C3CCCCC3C)cc2)cc1)C1CCCCC1C. The maximum Gasteiger partial charge on any atom is 0.206 e. The molecular formula is C95H124N6+2. The molecule has 0 bridgehead atoms. The maximum atomic E-state index is 4.19. The van der Waals surface area contributed by atoms with Gasteiger partial charge in [0.15, 0.2) is 12.1 Å². The Morgan fingerprint density at radius 3 is 0.812 bits per heavy atom. The standard InChI is InChI=1S/C95H122N6/c1-9-98(90-33-21-13-25-66(90)5)78-53-41-72(42-54-78)94(73-43-55-79(56-44-73)99(10-2)91-34-22-14-26-67(91)6)86-61-63-88(84-31-19-17-29-82(84)86)96-76-49-37-70(38-50-76)65-71-39-51-77(52-40-71)97-89-64-62-87(83-30-18-20-32-85(83)89)95(74-45-57-80(58-46-74)100(11-3)92-35-23-15-27-68(92)7)75-47-59-81(60-48-75)101(12-4)93-36-24-16-28-69(93)8/h17-20,29-32,41-48,53-64,66-71,76-77,90-93H,9-16,21-28,33-40,49-52,65H2,1-8H3/p+2. The van der Waals surface area contributed by atoms with E-state index in [1.54, 1.807) is 0 Å². The van der Waals surface area contributed by atoms with Crippen LogP contribution in [0, 0.1) is 35.5 Å². The molecule has 8 unspecified atom stereocenters. The molecular weight excluding hydrogens is 1230 g/mol. The smallest absolute Gasteiger partial charge is 0.206 e. The lowest BCUT2D eigenvalue weighted by molar-refractivity contribution is -0.507. The molecule has 0 spiro atoms. The molecule has 0 radical (unpaired) electrons. The van der Waals surface area contributed by atoms with Gasteiger partial charge in [0.1, 0.15) is 0 Å². The molecule has 0 amide bonds. The second kappa shape index (κ2) is 33.1. The quantitative estimate of drug-likeness (QED) is 0.0799. The summed E-state index contributed by atoms with van der Waals surface area (Å²) in [5, 5.41) is 0. The zero-order chi connectivity index (χ0) is 69.3. The number of allylic oxidation sites excluding steroid dienone is 6. The molecule has 0 aromatic heterocycles. The van der Waals surface area contributed by atoms with Crippen LogP contribution in [0.1, 0.15) is 260 Å². The fourth-order valence-electron chi connectivity index (χ4n) is 21.0. The van der Waals surface area contributed by atoms with Crippen LogP contribution in [0.25, 0.3) is 22.3 Å². The first-order valence-electron chi connectivity index (χ1n) is 41.4. The number of anilines is 4. The van der Waals surface area contributed by atoms with E-state index in [-0.39, 0.29) is 0 Å². The Morgan fingerprint density at radius 2 is 0.554 bits per heavy atom. The summed E-state index contributed by atoms with van der Waals surface area (Å²) in [7, 11) is 0. The molecule has 8 aliphatic carbocycles. The Labute approximate surface area is 610 Å². The molecule has 8 atom stereocenters. The van der Waals surface area contributed by atoms with Crippen LogP contribution in [0.4, 0.5) is 22.7 Å². The minimum Gasteiger partial charge on any atom is -0.369 e. The van der Waals surface area contributed by atoms with Gasteiger partial charge in [-0.1, -0.05) is 164 Å². The lowest BCUT2D eigenvalue weighted by Gasteiger charge is -2.40. The number of fused-ring (bicyclic) bond motifs is 2. The summed E-state index contributed by atoms with van der Waals surface area (Å²) in [6, 6.07) is 60.9. The normalized spacial score (nSPS) is 27.6. The summed E-state index contributed by atoms with van der Waals surface area (Å²) < 4.78 is 0. The van der Waals surface area contributed by atoms with Crippen LogP contribution in [0.5, 0.6) is 0 Å². The molecule has 6 nitrogen and oxygen atoms in total. The maximum absolute atomic E-state index is 4.19. The number of hydrogen-bond acceptors (Lipinski definition) is 4. The van der Waals surface area contributed by atoms with E-state index in [4.69, 9.17) is 0 Å². The predicted octanol–water partition coefficient (Wildman–Crippen LogP) is 20.3. The second-order valence-electron chi connectivity index (χ2n) is 32.8. The van der Waals surface area contributed by atoms with Crippen molar-refractivity contribution < 1.29 is 9.98 Å². The fraction of sp³-hybridized carbons (Fsp3) is 0.516. The van der Waals surface area contributed by atoms with E-state index in [9.17, 15) is 0 Å². The van der Waals surface area contributed by atoms with Crippen molar-refractivity contribution in [2.45, 2.75) is 252 Å². The van der Waals surface area contributed by atoms with E-state index < -0.39 is 0 Å². The van der Waals surface area contributed by atoms with Gasteiger partial charge >= 0.3 is 0 Å². The zero-order valence-electron chi connectivity index (χ0n) is 63.4. The fourth-order valence-corrected chi connectivity index (χ4v) is 21.0. The van der Waals surface area contributed by atoms with Crippen molar-refractivity contribution in [3.63, 3.8) is 0 Å². The number of nitrogens with one attached hydrogen (secondary N) is 2. The third-order valence-corrected chi connectivity index (χ3v) is 26.6. The number of benzene rings is 6. The summed E-state index contributed by atoms with van der Waals surface area (Å²) >= 11 is 0. The molecule has 14 rings (SSSR count). The summed E-state index contributed by atoms with van der Waals surface area (Å²) in [5.74, 6) is 4.52. The van der Waals surface area contributed by atoms with Gasteiger partial charge in [0.05, 0.1) is 11.1 Å². The molecule has 6 fully saturated rings. The molecule has 532 valence electrons. The van der Waals surface area contributed by atoms with Crippen molar-refractivity contribution in [3.8, 4) is 0 Å². The lowest BCUT2D eigenvalue weighted by atomic mass is 9.75. The number of hydrogen-bond donors (Lipinski definition) is 2. The second-order valence-corrected chi connectivity index (χ2v) is 32.8. The molecule has 6 aromatic carbocycles. The lowest BCUT2D eigenvalue weighted by Crippen LogP contribution is -2.80. The summed E-state index contributed by atoms with van der Waals surface area (Å²) in [6.07, 6.45) is 42.7. The van der Waals surface area contributed by atoms with Gasteiger partial charge in [0.25, 0.3) is 0 Å². The van der Waals surface area contributed by atoms with Crippen LogP contribution in [-0.4, -0.2) is 73.9 Å². The summed E-state index contributed by atoms with van der Waals surface area (Å²) in [4.78, 5) is 19.2. The Morgan fingerprint density at radius 1 is 0.297 bits per heavy atom. The molecule has 0 heterocycles. The highest BCUT2D eigenvalue weighted by Crippen LogP contribution is 2.44. The van der Waals surface area contributed by atoms with E-state index in [1.165, 1.54) is 261 Å². The minimum atomic E-state index is 0.486. The number of rotatable bonds is 20. The third kappa shape index (κ3) is 15.7. The van der Waals surface area contributed by atoms with Gasteiger partial charge in [-0.15, -0.1) is 0 Å². The van der Waals surface area contributed by atoms with Crippen molar-refractivity contribution >= 4 is 56.5 Å². The largest absolute Gasteiger partial charge is 0.369 e. The van der Waals surface area contributed by atoms with Gasteiger partial charge in [-0.25, -0.2) is 9.98 Å². The number of nitrogens with zero attached hydrogens (tertiary/aromatic N) is 4. The van der Waals surface area contributed by atoms with Gasteiger partial charge in [-0.2, -0.15) is 0 Å². The van der Waals surface area contributed by atoms with Gasteiger partial charge < -0.3 is 19.6 Å². The third-order valence-electron chi connectivity index (χ3n) is 26.6. The highest BCUT2D eigenvalue weighted by atomic mass is 15.2. The highest BCUT2D eigenvalue weighted by Gasteiger charge is 2.36. The monoisotopic (exact) mass is 1350 g/mol. The van der Waals surface area contributed by atoms with E-state index in [0.717, 1.165) is 61.7 Å². The van der Waals surface area contributed by atoms with Crippen LogP contribution in [0.15, 0.2) is 170 Å². The molecule has 6 saturated carbocycles. The zero-order valence-corrected chi connectivity index (χ0v) is 63.4. The van der Waals surface area contributed by atoms with Crippen LogP contribution in [-0.2, 0) is 0 Å². The van der Waals surface area contributed by atoms with Crippen LogP contribution < -0.4 is 29.6 Å². The average Bonchev–Trinajstić information content (AvgIpc) is 0.769. The van der Waals surface area contributed by atoms with E-state index in [0.29, 0.717) is 36.3 Å². The topological polar surface area (TPSA) is 40.9 Å². The first kappa shape index (κ1) is 70.8. The van der Waals surface area contributed by atoms with Crippen molar-refractivity contribution in [3.05, 3.63) is 214 Å². The molecule has 0 saturated heterocycles. The highest BCUT2D eigenvalue weighted by molar-refractivity contribution is 6.18. The van der Waals surface area contributed by atoms with Crippen molar-refractivity contribution in [2.24, 2.45) is 35.5 Å². The Bertz CT molecular complexity index is 3500. The van der Waals surface area contributed by atoms with E-state index in [2.05, 4.69) is 255 Å². The molecule has 2 N–H and O–H groups in total. The Balaban J connectivity index is 0.662. The van der Waals surface area contributed by atoms with Gasteiger partial charge in [0, 0.05) is 111 Å². The first-order chi connectivity index (χ1) is 49.6. The van der Waals surface area contributed by atoms with Gasteiger partial charge in [-0.3, -0.25) is 0 Å². The van der Waals surface area contributed by atoms with Crippen molar-refractivity contribution in [1.82, 2.24) is 0 Å². The van der Waals surface area contributed by atoms with E-state index >= 15 is 0 Å². The molecule has 6 aromatic rings. The van der Waals surface area contributed by atoms with Crippen LogP contribution >= 0.6 is 0 Å². The van der Waals surface area contributed by atoms with Crippen molar-refractivity contribution in [1.29, 1.82) is 0 Å². The Kier molecular flexibility index (Phi) is 23.2. The summed E-state index contributed by atoms with van der Waals surface area (Å²) in [6.45, 7) is 23.5. The summed E-state index contributed by atoms with van der Waals surface area (Å²) in [5.41, 5.74) is 23.8. The minimum absolute atomic E-state index is 0.486. The van der Waals surface area contributed by atoms with Gasteiger partial charge in [-0.05, 0) is 275 Å². The average molecular weight is 1350 g/mol. The molecule has 0 aliphatic heterocycles. The Hall–Kier alpha value is -7.18. The molecule has 6 heteroatoms.